The number of hydrogen-bond donors (Lipinski definition) is 7. The Hall–Kier alpha value is -11.1. The largest absolute Gasteiger partial charge is 0.480 e. The van der Waals surface area contributed by atoms with E-state index in [1.54, 1.807) is 180 Å². The molecule has 7 amide bonds. The quantitative estimate of drug-likeness (QED) is 0.0155. The van der Waals surface area contributed by atoms with Crippen LogP contribution in [0.15, 0.2) is 301 Å². The van der Waals surface area contributed by atoms with Crippen molar-refractivity contribution < 1.29 is 68.0 Å². The predicted molar refractivity (Wildman–Crippen MR) is 595 cm³/mol. The summed E-state index contributed by atoms with van der Waals surface area (Å²) in [5.41, 5.74) is 9.35. The van der Waals surface area contributed by atoms with Crippen molar-refractivity contribution in [1.29, 1.82) is 0 Å². The number of aliphatic carboxylic acids is 2. The van der Waals surface area contributed by atoms with E-state index >= 15 is 0 Å². The molecule has 2 aliphatic heterocycles. The number of imide groups is 1. The van der Waals surface area contributed by atoms with E-state index in [4.69, 9.17) is 146 Å². The van der Waals surface area contributed by atoms with E-state index in [0.29, 0.717) is 125 Å². The third-order valence-corrected chi connectivity index (χ3v) is 29.7. The SMILES string of the molecule is CC1(N(C(=O)Nc2ccc(Cl)cc2)c2ccc(Cl)cc2)CCC1.COC(=O)C1(Nc2ccc(Cl)cc2)CCC1.Cc1cccc(Br)c1.Cc1cccc(C2(O)N(c3ccc(Cl)cc3)C(=O)N(c3ccc(Cl)cc3)C23CCC3)c1.Clc1ccc(I)cc1.NC1(C(=O)O)CCC1.O=C(O)C1(Nc2ccc(Cl)cc2)CCC1.O=C1N(c2ccc(Cl)cc2)C(=O)C2(CCC2)N1c1ccc(Cl)cc1.O=C=Nc1ccc(Cl)cc1.O=C=O. The molecule has 8 aliphatic rings. The normalized spacial score (nSPS) is 17.0. The molecule has 12 aromatic rings. The van der Waals surface area contributed by atoms with Gasteiger partial charge in [-0.1, -0.05) is 179 Å². The molecule has 2 saturated heterocycles. The molecule has 8 fully saturated rings. The number of carboxylic acid groups (broad SMARTS) is 2. The number of isocyanates is 1. The second kappa shape index (κ2) is 52.7. The fraction of sp³-hybridized carbons (Fsp3) is 0.264. The number of aryl methyl sites for hydroxylation is 2. The van der Waals surface area contributed by atoms with Crippen LogP contribution in [0.5, 0.6) is 0 Å². The van der Waals surface area contributed by atoms with Gasteiger partial charge in [0.1, 0.15) is 27.7 Å². The molecule has 8 N–H and O–H groups in total. The molecule has 2 heterocycles. The summed E-state index contributed by atoms with van der Waals surface area (Å²) in [5, 5.41) is 45.6. The van der Waals surface area contributed by atoms with Crippen molar-refractivity contribution in [1.82, 2.24) is 0 Å². The third kappa shape index (κ3) is 28.9. The monoisotopic (exact) mass is 2340 g/mol. The van der Waals surface area contributed by atoms with Gasteiger partial charge in [-0.15, -0.1) is 0 Å². The number of rotatable bonds is 16. The van der Waals surface area contributed by atoms with Crippen molar-refractivity contribution in [2.45, 2.75) is 175 Å². The van der Waals surface area contributed by atoms with Crippen molar-refractivity contribution >= 4 is 260 Å². The number of ether oxygens (including phenoxy) is 1. The Bertz CT molecular complexity index is 6530. The molecule has 146 heavy (non-hydrogen) atoms. The number of amides is 7. The van der Waals surface area contributed by atoms with Gasteiger partial charge in [0.25, 0.3) is 5.91 Å². The minimum atomic E-state index is -1.54. The number of methoxy groups -OCH3 is 1. The summed E-state index contributed by atoms with van der Waals surface area (Å²) in [6.07, 6.45) is 16.7. The first kappa shape index (κ1) is 115. The van der Waals surface area contributed by atoms with Crippen LogP contribution in [0.2, 0.25) is 50.2 Å². The summed E-state index contributed by atoms with van der Waals surface area (Å²) in [6.45, 7) is 6.18. The van der Waals surface area contributed by atoms with Gasteiger partial charge >= 0.3 is 42.2 Å². The zero-order chi connectivity index (χ0) is 106. The van der Waals surface area contributed by atoms with Crippen molar-refractivity contribution in [3.8, 4) is 0 Å². The fourth-order valence-electron chi connectivity index (χ4n) is 17.3. The highest BCUT2D eigenvalue weighted by Crippen LogP contribution is 2.60. The number of halogens is 12. The molecule has 2 spiro atoms. The van der Waals surface area contributed by atoms with E-state index in [1.807, 2.05) is 121 Å². The Balaban J connectivity index is 0.000000162. The summed E-state index contributed by atoms with van der Waals surface area (Å²) in [5.74, 6) is -1.99. The van der Waals surface area contributed by atoms with E-state index < -0.39 is 45.4 Å². The molecular weight excluding hydrogens is 2250 g/mol. The number of nitrogens with two attached hydrogens (primary N) is 1. The molecule has 6 saturated carbocycles. The summed E-state index contributed by atoms with van der Waals surface area (Å²) in [7, 11) is 1.42. The standard InChI is InChI=1S/C25H22Cl2N2O2.C18H14Cl2N2O2.C18H18Cl2N2O.C12H14ClNO2.C11H12ClNO2.C7H7Br.C7H4ClNO.C6H4ClI.C5H9NO2.CO2/c1-17-4-2-5-18(16-17)25(31)24(14-3-15-24)28(21-10-6-19(26)7-11-21)23(30)29(25)22-12-8-20(27)9-13-22;19-12-2-6-14(7-3-12)21-16(23)18(10-1-11-18)22(17(21)24)15-8-4-13(20)5-9-15;1-18(11-2-12-18)22(16-9-5-14(20)6-10-16)17(23)21-15-7-3-13(19)4-8-15;1-16-11(15)12(7-2-8-12)14-10-5-3-9(13)4-6-10;12-8-2-4-9(5-3-8)13-11(10(14)15)6-1-7-11;1-6-3-2-4-7(8)5-6;8-6-1-3-7(4-2-6)9-5-10;7-5-1-3-6(8)4-2-5;6-5(4(7)8)2-1-3-5;2-1-3/h2,4-13,16,31H,3,14-15H2,1H3;2-9H,1,10-11H2;3-10H,2,11-12H2,1H3,(H,21,23);3-6,14H,2,7-8H2,1H3;2-5,13H,1,6-7H2,(H,14,15);2-5H,1H3;1-4H;1-4H;1-3,6H2,(H,7,8);. The Morgan fingerprint density at radius 3 is 1.13 bits per heavy atom. The topological polar surface area (TPSA) is 331 Å². The number of anilines is 8. The van der Waals surface area contributed by atoms with Gasteiger partial charge in [0, 0.05) is 109 Å². The molecule has 20 rings (SSSR count). The van der Waals surface area contributed by atoms with Gasteiger partial charge in [-0.05, 0) is 414 Å². The van der Waals surface area contributed by atoms with E-state index in [-0.39, 0.29) is 41.7 Å². The lowest BCUT2D eigenvalue weighted by Crippen LogP contribution is -2.63. The highest BCUT2D eigenvalue weighted by atomic mass is 127. The highest BCUT2D eigenvalue weighted by Gasteiger charge is 2.71. The average molecular weight is 2350 g/mol. The molecular formula is C110H104BrCl10IN10O14. The molecule has 762 valence electrons. The second-order valence-corrected chi connectivity index (χ2v) is 42.3. The van der Waals surface area contributed by atoms with Crippen molar-refractivity contribution in [3.63, 3.8) is 0 Å². The number of urea groups is 3. The molecule has 0 bridgehead atoms. The molecule has 0 aromatic heterocycles. The van der Waals surface area contributed by atoms with Crippen LogP contribution in [0.4, 0.5) is 65.6 Å². The van der Waals surface area contributed by atoms with Crippen LogP contribution in [-0.4, -0.2) is 110 Å². The smallest absolute Gasteiger partial charge is 0.373 e. The summed E-state index contributed by atoms with van der Waals surface area (Å²) < 4.78 is 7.19. The second-order valence-electron chi connectivity index (χ2n) is 35.8. The summed E-state index contributed by atoms with van der Waals surface area (Å²) in [6, 6.07) is 86.4. The molecule has 24 nitrogen and oxygen atoms in total. The minimum absolute atomic E-state index is 0.142. The highest BCUT2D eigenvalue weighted by molar-refractivity contribution is 14.1. The molecule has 12 aromatic carbocycles. The molecule has 0 radical (unpaired) electrons. The van der Waals surface area contributed by atoms with Gasteiger partial charge in [0.15, 0.2) is 5.72 Å². The van der Waals surface area contributed by atoms with Gasteiger partial charge in [0.05, 0.1) is 18.5 Å². The summed E-state index contributed by atoms with van der Waals surface area (Å²) >= 11 is 64.3. The van der Waals surface area contributed by atoms with E-state index in [1.165, 1.54) is 32.1 Å². The number of nitrogens with one attached hydrogen (secondary N) is 3. The predicted octanol–water partition coefficient (Wildman–Crippen LogP) is 30.4. The molecule has 1 unspecified atom stereocenters. The Kier molecular flexibility index (Phi) is 41.6. The number of aliphatic hydroxyl groups is 1. The van der Waals surface area contributed by atoms with Gasteiger partial charge in [-0.25, -0.2) is 33.7 Å². The van der Waals surface area contributed by atoms with Crippen LogP contribution in [0.25, 0.3) is 0 Å². The van der Waals surface area contributed by atoms with Crippen molar-refractivity contribution in [2.24, 2.45) is 10.7 Å². The zero-order valence-electron chi connectivity index (χ0n) is 79.6. The van der Waals surface area contributed by atoms with Crippen LogP contribution in [0, 0.1) is 17.4 Å². The maximum absolute atomic E-state index is 14.0. The molecule has 36 heteroatoms. The first-order valence-corrected chi connectivity index (χ1v) is 51.9. The Morgan fingerprint density at radius 2 is 0.801 bits per heavy atom. The van der Waals surface area contributed by atoms with Crippen LogP contribution < -0.4 is 46.2 Å². The molecule has 6 aliphatic carbocycles. The third-order valence-electron chi connectivity index (χ3n) is 26.0. The van der Waals surface area contributed by atoms with Gasteiger partial charge < -0.3 is 41.7 Å². The number of carbonyl (C=O) groups is 7. The Morgan fingerprint density at radius 1 is 0.438 bits per heavy atom. The number of benzene rings is 12. The minimum Gasteiger partial charge on any atom is -0.480 e. The first-order chi connectivity index (χ1) is 69.6. The lowest BCUT2D eigenvalue weighted by atomic mass is 9.66. The lowest BCUT2D eigenvalue weighted by molar-refractivity contribution is -0.192. The number of hydrogen-bond acceptors (Lipinski definition) is 16. The van der Waals surface area contributed by atoms with Crippen LogP contribution >= 0.6 is 155 Å². The van der Waals surface area contributed by atoms with Gasteiger partial charge in [-0.2, -0.15) is 14.6 Å². The van der Waals surface area contributed by atoms with E-state index in [9.17, 15) is 43.5 Å². The molecule has 1 atom stereocenters. The van der Waals surface area contributed by atoms with E-state index in [2.05, 4.69) is 85.4 Å². The number of nitrogens with zero attached hydrogens (tertiary/aromatic N) is 6. The van der Waals surface area contributed by atoms with Crippen molar-refractivity contribution in [2.75, 3.05) is 47.6 Å². The number of carbonyl (C=O) groups excluding carboxylic acids is 8. The lowest BCUT2D eigenvalue weighted by Gasteiger charge is -2.52. The van der Waals surface area contributed by atoms with Crippen LogP contribution in [-0.2, 0) is 44.0 Å². The number of aliphatic imine (C=N–C) groups is 1. The number of esters is 1. The van der Waals surface area contributed by atoms with Crippen molar-refractivity contribution in [3.05, 3.63) is 366 Å². The first-order valence-electron chi connectivity index (χ1n) is 46.3. The van der Waals surface area contributed by atoms with Crippen LogP contribution in [0.3, 0.4) is 0 Å². The zero-order valence-corrected chi connectivity index (χ0v) is 90.9. The summed E-state index contributed by atoms with van der Waals surface area (Å²) in [4.78, 5) is 123. The van der Waals surface area contributed by atoms with Gasteiger partial charge in [0.2, 0.25) is 6.08 Å². The maximum atomic E-state index is 14.0. The average Bonchev–Trinajstić information content (AvgIpc) is 1.51. The number of carboxylic acids is 2. The van der Waals surface area contributed by atoms with E-state index in [0.717, 1.165) is 108 Å². The van der Waals surface area contributed by atoms with Crippen LogP contribution in [0.1, 0.15) is 139 Å². The fourth-order valence-corrected chi connectivity index (χ4v) is 19.4. The maximum Gasteiger partial charge on any atom is 0.373 e. The van der Waals surface area contributed by atoms with Gasteiger partial charge in [-0.3, -0.25) is 29.2 Å². The Labute approximate surface area is 919 Å².